The van der Waals surface area contributed by atoms with Crippen LogP contribution in [-0.4, -0.2) is 39.5 Å². The monoisotopic (exact) mass is 488 g/mol. The van der Waals surface area contributed by atoms with Gasteiger partial charge in [0.05, 0.1) is 19.2 Å². The van der Waals surface area contributed by atoms with Gasteiger partial charge in [-0.2, -0.15) is 0 Å². The van der Waals surface area contributed by atoms with Crippen molar-refractivity contribution in [1.29, 1.82) is 0 Å². The number of nitrogens with one attached hydrogen (secondary N) is 1. The first kappa shape index (κ1) is 23.7. The number of ether oxygens (including phenoxy) is 2. The van der Waals surface area contributed by atoms with Crippen LogP contribution in [0.4, 0.5) is 0 Å². The Labute approximate surface area is 208 Å². The van der Waals surface area contributed by atoms with E-state index in [2.05, 4.69) is 10.4 Å². The Balaban J connectivity index is 1.58. The number of amides is 2. The minimum atomic E-state index is -0.911. The number of carbonyl (C=O) groups is 2. The van der Waals surface area contributed by atoms with E-state index in [0.717, 1.165) is 11.1 Å². The molecule has 3 aromatic rings. The highest BCUT2D eigenvalue weighted by atomic mass is 16.5. The third kappa shape index (κ3) is 4.61. The van der Waals surface area contributed by atoms with Crippen LogP contribution < -0.4 is 15.7 Å². The number of hydrazine groups is 1. The van der Waals surface area contributed by atoms with Crippen LogP contribution in [0.25, 0.3) is 0 Å². The zero-order chi connectivity index (χ0) is 25.3. The van der Waals surface area contributed by atoms with Crippen molar-refractivity contribution in [3.63, 3.8) is 0 Å². The second-order valence-electron chi connectivity index (χ2n) is 9.46. The van der Waals surface area contributed by atoms with Crippen LogP contribution in [0.1, 0.15) is 53.7 Å². The van der Waals surface area contributed by atoms with E-state index in [-0.39, 0.29) is 30.0 Å². The first-order valence-electron chi connectivity index (χ1n) is 12.0. The van der Waals surface area contributed by atoms with E-state index in [4.69, 9.17) is 9.47 Å². The smallest absolute Gasteiger partial charge is 0.297 e. The zero-order valence-electron chi connectivity index (χ0n) is 20.3. The molecule has 1 atom stereocenters. The maximum atomic E-state index is 14.0. The number of benzene rings is 2. The molecule has 3 heterocycles. The summed E-state index contributed by atoms with van der Waals surface area (Å²) in [7, 11) is 0. The van der Waals surface area contributed by atoms with Crippen molar-refractivity contribution in [3.05, 3.63) is 93.7 Å². The molecule has 2 aromatic carbocycles. The summed E-state index contributed by atoms with van der Waals surface area (Å²) in [5, 5.41) is 1.21. The fraction of sp³-hybridized carbons (Fsp3) is 0.333. The molecule has 9 nitrogen and oxygen atoms in total. The summed E-state index contributed by atoms with van der Waals surface area (Å²) in [6.07, 6.45) is 0.914. The van der Waals surface area contributed by atoms with Crippen molar-refractivity contribution in [2.75, 3.05) is 13.2 Å². The first-order valence-corrected chi connectivity index (χ1v) is 12.0. The van der Waals surface area contributed by atoms with Crippen LogP contribution in [0.5, 0.6) is 5.75 Å². The van der Waals surface area contributed by atoms with Crippen LogP contribution in [0.15, 0.2) is 65.5 Å². The average Bonchev–Trinajstić information content (AvgIpc) is 2.88. The number of fused-ring (bicyclic) bond motifs is 1. The van der Waals surface area contributed by atoms with Gasteiger partial charge >= 0.3 is 0 Å². The molecule has 2 aliphatic rings. The standard InChI is InChI=1S/C27H28N4O5/c1-27(2)26-28-22(24(33)29-30-14-13-21(30)32)23(35-16-19-11-7-4-8-12-19)25(34)31(26)20(17-36-27)15-18-9-5-3-6-10-18/h3-12,20H,13-17H2,1-2H3,(H,29,33). The highest BCUT2D eigenvalue weighted by Gasteiger charge is 2.39. The van der Waals surface area contributed by atoms with Crippen molar-refractivity contribution < 1.29 is 19.1 Å². The maximum absolute atomic E-state index is 14.0. The number of rotatable bonds is 7. The van der Waals surface area contributed by atoms with E-state index in [9.17, 15) is 14.4 Å². The number of carbonyl (C=O) groups excluding carboxylic acids is 2. The summed E-state index contributed by atoms with van der Waals surface area (Å²) < 4.78 is 13.7. The van der Waals surface area contributed by atoms with Gasteiger partial charge in [-0.05, 0) is 31.4 Å². The minimum Gasteiger partial charge on any atom is -0.481 e. The van der Waals surface area contributed by atoms with Gasteiger partial charge in [0.2, 0.25) is 11.7 Å². The van der Waals surface area contributed by atoms with Gasteiger partial charge in [0, 0.05) is 6.42 Å². The van der Waals surface area contributed by atoms with E-state index < -0.39 is 17.1 Å². The van der Waals surface area contributed by atoms with Crippen LogP contribution in [0, 0.1) is 0 Å². The lowest BCUT2D eigenvalue weighted by atomic mass is 10.00. The fourth-order valence-electron chi connectivity index (χ4n) is 4.38. The molecule has 0 saturated carbocycles. The summed E-state index contributed by atoms with van der Waals surface area (Å²) in [4.78, 5) is 43.6. The summed E-state index contributed by atoms with van der Waals surface area (Å²) in [6.45, 7) is 4.43. The van der Waals surface area contributed by atoms with Crippen LogP contribution in [-0.2, 0) is 28.2 Å². The number of nitrogens with zero attached hydrogens (tertiary/aromatic N) is 3. The lowest BCUT2D eigenvalue weighted by Gasteiger charge is -2.38. The molecule has 1 aromatic heterocycles. The van der Waals surface area contributed by atoms with Gasteiger partial charge in [-0.3, -0.25) is 29.4 Å². The maximum Gasteiger partial charge on any atom is 0.297 e. The van der Waals surface area contributed by atoms with E-state index in [1.807, 2.05) is 74.5 Å². The summed E-state index contributed by atoms with van der Waals surface area (Å²) in [5.41, 5.74) is 2.91. The summed E-state index contributed by atoms with van der Waals surface area (Å²) in [6, 6.07) is 18.9. The molecule has 36 heavy (non-hydrogen) atoms. The lowest BCUT2D eigenvalue weighted by molar-refractivity contribution is -0.142. The molecule has 5 rings (SSSR count). The molecule has 1 fully saturated rings. The van der Waals surface area contributed by atoms with Gasteiger partial charge in [-0.1, -0.05) is 60.7 Å². The van der Waals surface area contributed by atoms with Gasteiger partial charge in [-0.15, -0.1) is 0 Å². The van der Waals surface area contributed by atoms with Gasteiger partial charge in [-0.25, -0.2) is 4.98 Å². The Kier molecular flexibility index (Phi) is 6.32. The molecule has 1 unspecified atom stereocenters. The average molecular weight is 489 g/mol. The molecule has 0 aliphatic carbocycles. The highest BCUT2D eigenvalue weighted by molar-refractivity contribution is 5.96. The Morgan fingerprint density at radius 2 is 1.75 bits per heavy atom. The molecule has 186 valence electrons. The molecule has 0 radical (unpaired) electrons. The number of β-lactam (4-membered cyclic amide) rings is 1. The van der Waals surface area contributed by atoms with E-state index >= 15 is 0 Å². The largest absolute Gasteiger partial charge is 0.481 e. The summed E-state index contributed by atoms with van der Waals surface area (Å²) >= 11 is 0. The minimum absolute atomic E-state index is 0.0866. The fourth-order valence-corrected chi connectivity index (χ4v) is 4.38. The van der Waals surface area contributed by atoms with Crippen LogP contribution >= 0.6 is 0 Å². The molecular formula is C27H28N4O5. The van der Waals surface area contributed by atoms with Crippen LogP contribution in [0.3, 0.4) is 0 Å². The molecule has 9 heteroatoms. The molecular weight excluding hydrogens is 460 g/mol. The number of hydrogen-bond donors (Lipinski definition) is 1. The van der Waals surface area contributed by atoms with Gasteiger partial charge < -0.3 is 9.47 Å². The lowest BCUT2D eigenvalue weighted by Crippen LogP contribution is -2.55. The Hall–Kier alpha value is -3.98. The van der Waals surface area contributed by atoms with Gasteiger partial charge in [0.25, 0.3) is 11.5 Å². The second kappa shape index (κ2) is 9.58. The van der Waals surface area contributed by atoms with Gasteiger partial charge in [0.1, 0.15) is 18.0 Å². The Morgan fingerprint density at radius 1 is 1.08 bits per heavy atom. The van der Waals surface area contributed by atoms with Crippen molar-refractivity contribution in [3.8, 4) is 5.75 Å². The normalized spacial score (nSPS) is 18.2. The molecule has 0 spiro atoms. The predicted octanol–water partition coefficient (Wildman–Crippen LogP) is 2.75. The predicted molar refractivity (Wildman–Crippen MR) is 131 cm³/mol. The molecule has 0 bridgehead atoms. The van der Waals surface area contributed by atoms with Crippen molar-refractivity contribution in [2.24, 2.45) is 0 Å². The third-order valence-electron chi connectivity index (χ3n) is 6.46. The topological polar surface area (TPSA) is 103 Å². The van der Waals surface area contributed by atoms with Crippen molar-refractivity contribution in [1.82, 2.24) is 20.0 Å². The highest BCUT2D eigenvalue weighted by Crippen LogP contribution is 2.33. The Morgan fingerprint density at radius 3 is 2.36 bits per heavy atom. The second-order valence-corrected chi connectivity index (χ2v) is 9.46. The molecule has 1 saturated heterocycles. The number of hydrogen-bond acceptors (Lipinski definition) is 6. The van der Waals surface area contributed by atoms with Crippen molar-refractivity contribution >= 4 is 11.8 Å². The molecule has 2 aliphatic heterocycles. The quantitative estimate of drug-likeness (QED) is 0.513. The molecule has 1 N–H and O–H groups in total. The third-order valence-corrected chi connectivity index (χ3v) is 6.46. The van der Waals surface area contributed by atoms with E-state index in [1.54, 1.807) is 4.57 Å². The SMILES string of the molecule is CC1(C)OCC(Cc2ccccc2)n2c1nc(C(=O)NN1CCC1=O)c(OCc1ccccc1)c2=O. The van der Waals surface area contributed by atoms with Crippen molar-refractivity contribution in [2.45, 2.75) is 44.9 Å². The Bertz CT molecular complexity index is 1340. The summed E-state index contributed by atoms with van der Waals surface area (Å²) in [5.74, 6) is -0.681. The van der Waals surface area contributed by atoms with E-state index in [0.29, 0.717) is 31.8 Å². The van der Waals surface area contributed by atoms with Gasteiger partial charge in [0.15, 0.2) is 5.69 Å². The van der Waals surface area contributed by atoms with E-state index in [1.165, 1.54) is 5.01 Å². The first-order chi connectivity index (χ1) is 17.3. The number of aromatic nitrogens is 2. The zero-order valence-corrected chi connectivity index (χ0v) is 20.3. The van der Waals surface area contributed by atoms with Crippen LogP contribution in [0.2, 0.25) is 0 Å². The molecule has 2 amide bonds.